The lowest BCUT2D eigenvalue weighted by Crippen LogP contribution is -2.21. The largest absolute Gasteiger partial charge is 0.461 e. The fourth-order valence-corrected chi connectivity index (χ4v) is 2.00. The molecule has 1 aliphatic rings. The van der Waals surface area contributed by atoms with E-state index in [1.165, 1.54) is 19.3 Å². The van der Waals surface area contributed by atoms with Gasteiger partial charge in [-0.2, -0.15) is 0 Å². The average molecular weight is 219 g/mol. The second-order valence-electron chi connectivity index (χ2n) is 4.28. The van der Waals surface area contributed by atoms with Crippen LogP contribution in [0.15, 0.2) is 0 Å². The Kier molecular flexibility index (Phi) is 4.24. The standard InChI is InChI=1S/C11H19ClO2/c1-3-4-5-6-7-9-8-11(2,12)10(13)14-9/h9H,3-8H2,1-2H3/t9-,11-/m1/s1. The van der Waals surface area contributed by atoms with Gasteiger partial charge in [-0.05, 0) is 19.8 Å². The summed E-state index contributed by atoms with van der Waals surface area (Å²) < 4.78 is 5.19. The zero-order valence-electron chi connectivity index (χ0n) is 9.01. The van der Waals surface area contributed by atoms with Gasteiger partial charge in [0, 0.05) is 6.42 Å². The monoisotopic (exact) mass is 218 g/mol. The van der Waals surface area contributed by atoms with Gasteiger partial charge in [0.25, 0.3) is 0 Å². The van der Waals surface area contributed by atoms with Gasteiger partial charge in [0.1, 0.15) is 11.0 Å². The van der Waals surface area contributed by atoms with E-state index < -0.39 is 4.87 Å². The van der Waals surface area contributed by atoms with Crippen molar-refractivity contribution in [2.45, 2.75) is 63.4 Å². The second-order valence-corrected chi connectivity index (χ2v) is 5.11. The zero-order valence-corrected chi connectivity index (χ0v) is 9.77. The normalized spacial score (nSPS) is 31.9. The molecule has 1 saturated heterocycles. The summed E-state index contributed by atoms with van der Waals surface area (Å²) in [5.74, 6) is -0.250. The van der Waals surface area contributed by atoms with Crippen LogP contribution < -0.4 is 0 Å². The summed E-state index contributed by atoms with van der Waals surface area (Å²) >= 11 is 5.98. The molecule has 0 saturated carbocycles. The molecule has 2 nitrogen and oxygen atoms in total. The molecule has 14 heavy (non-hydrogen) atoms. The van der Waals surface area contributed by atoms with Gasteiger partial charge in [0.05, 0.1) is 0 Å². The number of cyclic esters (lactones) is 1. The zero-order chi connectivity index (χ0) is 10.6. The quantitative estimate of drug-likeness (QED) is 0.402. The molecule has 0 aromatic rings. The van der Waals surface area contributed by atoms with E-state index in [4.69, 9.17) is 16.3 Å². The van der Waals surface area contributed by atoms with Crippen LogP contribution in [0.3, 0.4) is 0 Å². The topological polar surface area (TPSA) is 26.3 Å². The van der Waals surface area contributed by atoms with Gasteiger partial charge in [-0.15, -0.1) is 11.6 Å². The molecule has 0 N–H and O–H groups in total. The number of ether oxygens (including phenoxy) is 1. The third kappa shape index (κ3) is 3.16. The first kappa shape index (κ1) is 11.8. The molecule has 0 spiro atoms. The molecule has 1 heterocycles. The number of carbonyl (C=O) groups is 1. The summed E-state index contributed by atoms with van der Waals surface area (Å²) in [4.78, 5) is 10.5. The van der Waals surface area contributed by atoms with Gasteiger partial charge in [0.2, 0.25) is 0 Å². The Morgan fingerprint density at radius 1 is 1.50 bits per heavy atom. The van der Waals surface area contributed by atoms with Crippen molar-refractivity contribution >= 4 is 17.6 Å². The molecular formula is C11H19ClO2. The second kappa shape index (κ2) is 5.01. The molecule has 0 aliphatic carbocycles. The van der Waals surface area contributed by atoms with E-state index in [1.807, 2.05) is 0 Å². The average Bonchev–Trinajstić information content (AvgIpc) is 2.35. The molecule has 1 rings (SSSR count). The summed E-state index contributed by atoms with van der Waals surface area (Å²) in [6.45, 7) is 3.92. The van der Waals surface area contributed by atoms with Crippen LogP contribution in [0.25, 0.3) is 0 Å². The van der Waals surface area contributed by atoms with Crippen LogP contribution in [-0.4, -0.2) is 16.9 Å². The van der Waals surface area contributed by atoms with Crippen molar-refractivity contribution in [2.75, 3.05) is 0 Å². The van der Waals surface area contributed by atoms with Crippen LogP contribution in [0.5, 0.6) is 0 Å². The van der Waals surface area contributed by atoms with Crippen LogP contribution >= 0.6 is 11.6 Å². The molecule has 1 aliphatic heterocycles. The predicted molar refractivity (Wildman–Crippen MR) is 57.5 cm³/mol. The molecule has 0 aromatic carbocycles. The van der Waals surface area contributed by atoms with Gasteiger partial charge in [-0.3, -0.25) is 4.79 Å². The van der Waals surface area contributed by atoms with E-state index >= 15 is 0 Å². The minimum Gasteiger partial charge on any atom is -0.461 e. The van der Waals surface area contributed by atoms with Gasteiger partial charge in [0.15, 0.2) is 0 Å². The summed E-state index contributed by atoms with van der Waals surface area (Å²) in [6, 6.07) is 0. The van der Waals surface area contributed by atoms with Crippen molar-refractivity contribution < 1.29 is 9.53 Å². The maximum atomic E-state index is 11.2. The fourth-order valence-electron chi connectivity index (χ4n) is 1.79. The van der Waals surface area contributed by atoms with Crippen LogP contribution in [0, 0.1) is 0 Å². The highest BCUT2D eigenvalue weighted by atomic mass is 35.5. The van der Waals surface area contributed by atoms with E-state index in [9.17, 15) is 4.79 Å². The lowest BCUT2D eigenvalue weighted by atomic mass is 10.0. The number of esters is 1. The van der Waals surface area contributed by atoms with Crippen LogP contribution in [0.2, 0.25) is 0 Å². The minimum absolute atomic E-state index is 0.0573. The summed E-state index contributed by atoms with van der Waals surface area (Å²) in [5, 5.41) is 0. The maximum absolute atomic E-state index is 11.2. The van der Waals surface area contributed by atoms with E-state index in [0.717, 1.165) is 12.8 Å². The lowest BCUT2D eigenvalue weighted by molar-refractivity contribution is -0.143. The Bertz CT molecular complexity index is 201. The first-order valence-electron chi connectivity index (χ1n) is 5.46. The molecule has 0 unspecified atom stereocenters. The first-order valence-corrected chi connectivity index (χ1v) is 5.84. The molecule has 0 bridgehead atoms. The van der Waals surface area contributed by atoms with E-state index in [1.54, 1.807) is 6.92 Å². The smallest absolute Gasteiger partial charge is 0.327 e. The third-order valence-electron chi connectivity index (χ3n) is 2.69. The number of carbonyl (C=O) groups excluding carboxylic acids is 1. The van der Waals surface area contributed by atoms with Gasteiger partial charge < -0.3 is 4.74 Å². The molecule has 0 amide bonds. The SMILES string of the molecule is CCCCCC[C@@H]1C[C@@](C)(Cl)C(=O)O1. The van der Waals surface area contributed by atoms with Gasteiger partial charge in [-0.1, -0.05) is 26.2 Å². The predicted octanol–water partition coefficient (Wildman–Crippen LogP) is 3.27. The molecule has 0 radical (unpaired) electrons. The summed E-state index contributed by atoms with van der Waals surface area (Å²) in [5.41, 5.74) is 0. The number of hydrogen-bond donors (Lipinski definition) is 0. The third-order valence-corrected chi connectivity index (χ3v) is 3.00. The number of unbranched alkanes of at least 4 members (excludes halogenated alkanes) is 3. The summed E-state index contributed by atoms with van der Waals surface area (Å²) in [7, 11) is 0. The van der Waals surface area contributed by atoms with E-state index in [0.29, 0.717) is 6.42 Å². The van der Waals surface area contributed by atoms with E-state index in [2.05, 4.69) is 6.92 Å². The highest BCUT2D eigenvalue weighted by molar-refractivity contribution is 6.34. The van der Waals surface area contributed by atoms with Crippen LogP contribution in [0.4, 0.5) is 0 Å². The molecule has 0 aromatic heterocycles. The lowest BCUT2D eigenvalue weighted by Gasteiger charge is -2.08. The number of rotatable bonds is 5. The maximum Gasteiger partial charge on any atom is 0.327 e. The fraction of sp³-hybridized carbons (Fsp3) is 0.909. The van der Waals surface area contributed by atoms with Crippen molar-refractivity contribution in [2.24, 2.45) is 0 Å². The van der Waals surface area contributed by atoms with Crippen LogP contribution in [-0.2, 0) is 9.53 Å². The molecule has 82 valence electrons. The van der Waals surface area contributed by atoms with Crippen molar-refractivity contribution in [1.29, 1.82) is 0 Å². The molecule has 1 fully saturated rings. The molecule has 2 atom stereocenters. The van der Waals surface area contributed by atoms with Crippen molar-refractivity contribution in [3.8, 4) is 0 Å². The number of halogens is 1. The Hall–Kier alpha value is -0.240. The van der Waals surface area contributed by atoms with Gasteiger partial charge in [-0.25, -0.2) is 0 Å². The van der Waals surface area contributed by atoms with Gasteiger partial charge >= 0.3 is 5.97 Å². The summed E-state index contributed by atoms with van der Waals surface area (Å²) in [6.07, 6.45) is 6.55. The Morgan fingerprint density at radius 3 is 2.71 bits per heavy atom. The molecule has 3 heteroatoms. The molecular weight excluding hydrogens is 200 g/mol. The van der Waals surface area contributed by atoms with Crippen LogP contribution in [0.1, 0.15) is 52.4 Å². The van der Waals surface area contributed by atoms with E-state index in [-0.39, 0.29) is 12.1 Å². The number of hydrogen-bond acceptors (Lipinski definition) is 2. The first-order chi connectivity index (χ1) is 6.56. The minimum atomic E-state index is -0.768. The Balaban J connectivity index is 2.19. The Morgan fingerprint density at radius 2 is 2.21 bits per heavy atom. The highest BCUT2D eigenvalue weighted by Crippen LogP contribution is 2.33. The van der Waals surface area contributed by atoms with Crippen molar-refractivity contribution in [3.05, 3.63) is 0 Å². The van der Waals surface area contributed by atoms with Crippen molar-refractivity contribution in [1.82, 2.24) is 0 Å². The highest BCUT2D eigenvalue weighted by Gasteiger charge is 2.43. The Labute approximate surface area is 91.0 Å². The van der Waals surface area contributed by atoms with Crippen molar-refractivity contribution in [3.63, 3.8) is 0 Å². The number of alkyl halides is 1.